The zero-order valence-corrected chi connectivity index (χ0v) is 20.8. The number of halogens is 1. The molecule has 3 aromatic rings. The molecule has 10 nitrogen and oxygen atoms in total. The molecule has 12 heteroatoms. The van der Waals surface area contributed by atoms with Gasteiger partial charge in [-0.1, -0.05) is 41.1 Å². The van der Waals surface area contributed by atoms with Crippen LogP contribution in [-0.4, -0.2) is 42.9 Å². The Balaban J connectivity index is 1.53. The van der Waals surface area contributed by atoms with Crippen LogP contribution in [0.4, 0.5) is 16.5 Å². The molecule has 184 valence electrons. The molecule has 36 heavy (non-hydrogen) atoms. The van der Waals surface area contributed by atoms with Crippen LogP contribution in [0.2, 0.25) is 0 Å². The van der Waals surface area contributed by atoms with Crippen LogP contribution in [0, 0.1) is 6.92 Å². The van der Waals surface area contributed by atoms with E-state index in [1.807, 2.05) is 0 Å². The second kappa shape index (κ2) is 10.2. The van der Waals surface area contributed by atoms with E-state index >= 15 is 0 Å². The second-order valence-corrected chi connectivity index (χ2v) is 8.77. The molecule has 3 amide bonds. The van der Waals surface area contributed by atoms with Gasteiger partial charge in [0.15, 0.2) is 5.13 Å². The van der Waals surface area contributed by atoms with Crippen molar-refractivity contribution in [1.29, 1.82) is 0 Å². The summed E-state index contributed by atoms with van der Waals surface area (Å²) in [5, 5.41) is 5.41. The first-order valence-corrected chi connectivity index (χ1v) is 11.6. The minimum Gasteiger partial charge on any atom is -0.495 e. The SMILES string of the molecule is COC(=O)c1sc(NC(=O)c2cccc(NC3=C(Cl)C(=O)N(c4ccccc4OC)C3=O)c2)nc1C. The van der Waals surface area contributed by atoms with E-state index in [-0.39, 0.29) is 32.0 Å². The number of carbonyl (C=O) groups excluding carboxylic acids is 4. The number of benzene rings is 2. The second-order valence-electron chi connectivity index (χ2n) is 7.39. The minimum absolute atomic E-state index is 0.136. The molecule has 0 spiro atoms. The number of carbonyl (C=O) groups is 4. The van der Waals surface area contributed by atoms with E-state index in [0.29, 0.717) is 17.1 Å². The minimum atomic E-state index is -0.705. The quantitative estimate of drug-likeness (QED) is 0.350. The Morgan fingerprint density at radius 1 is 1.06 bits per heavy atom. The number of para-hydroxylation sites is 2. The molecule has 0 unspecified atom stereocenters. The van der Waals surface area contributed by atoms with Crippen molar-refractivity contribution < 1.29 is 28.7 Å². The molecule has 1 aliphatic rings. The van der Waals surface area contributed by atoms with Gasteiger partial charge in [0.05, 0.1) is 25.6 Å². The van der Waals surface area contributed by atoms with Gasteiger partial charge < -0.3 is 14.8 Å². The Kier molecular flexibility index (Phi) is 7.04. The van der Waals surface area contributed by atoms with Crippen molar-refractivity contribution in [2.24, 2.45) is 0 Å². The lowest BCUT2D eigenvalue weighted by atomic mass is 10.2. The summed E-state index contributed by atoms with van der Waals surface area (Å²) in [6.45, 7) is 1.63. The number of aromatic nitrogens is 1. The monoisotopic (exact) mass is 526 g/mol. The summed E-state index contributed by atoms with van der Waals surface area (Å²) in [5.41, 5.74) is 1.14. The maximum atomic E-state index is 13.1. The molecule has 2 heterocycles. The number of hydrogen-bond donors (Lipinski definition) is 2. The smallest absolute Gasteiger partial charge is 0.350 e. The molecule has 0 radical (unpaired) electrons. The number of hydrogen-bond acceptors (Lipinski definition) is 9. The van der Waals surface area contributed by atoms with Crippen molar-refractivity contribution in [2.75, 3.05) is 29.8 Å². The van der Waals surface area contributed by atoms with Crippen molar-refractivity contribution in [3.05, 3.63) is 75.4 Å². The number of thiazole rings is 1. The summed E-state index contributed by atoms with van der Waals surface area (Å²) in [6.07, 6.45) is 0. The topological polar surface area (TPSA) is 127 Å². The van der Waals surface area contributed by atoms with E-state index in [1.54, 1.807) is 49.4 Å². The van der Waals surface area contributed by atoms with E-state index in [2.05, 4.69) is 15.6 Å². The van der Waals surface area contributed by atoms with Gasteiger partial charge in [-0.05, 0) is 37.3 Å². The summed E-state index contributed by atoms with van der Waals surface area (Å²) in [7, 11) is 2.69. The number of ether oxygens (including phenoxy) is 2. The fourth-order valence-corrected chi connectivity index (χ4v) is 4.52. The Bertz CT molecular complexity index is 1430. The number of amides is 3. The third-order valence-corrected chi connectivity index (χ3v) is 6.54. The molecule has 0 fully saturated rings. The lowest BCUT2D eigenvalue weighted by molar-refractivity contribution is -0.120. The van der Waals surface area contributed by atoms with E-state index < -0.39 is 23.7 Å². The molecular weight excluding hydrogens is 508 g/mol. The number of anilines is 3. The highest BCUT2D eigenvalue weighted by atomic mass is 35.5. The van der Waals surface area contributed by atoms with Crippen LogP contribution < -0.4 is 20.3 Å². The predicted molar refractivity (Wildman–Crippen MR) is 135 cm³/mol. The van der Waals surface area contributed by atoms with Gasteiger partial charge >= 0.3 is 5.97 Å². The molecule has 4 rings (SSSR count). The highest BCUT2D eigenvalue weighted by Gasteiger charge is 2.40. The zero-order valence-electron chi connectivity index (χ0n) is 19.2. The average molecular weight is 527 g/mol. The van der Waals surface area contributed by atoms with E-state index in [0.717, 1.165) is 16.2 Å². The molecule has 0 saturated carbocycles. The molecule has 1 aliphatic heterocycles. The average Bonchev–Trinajstić information content (AvgIpc) is 3.35. The van der Waals surface area contributed by atoms with Gasteiger partial charge in [-0.3, -0.25) is 19.7 Å². The third kappa shape index (κ3) is 4.66. The van der Waals surface area contributed by atoms with Crippen molar-refractivity contribution in [2.45, 2.75) is 6.92 Å². The largest absolute Gasteiger partial charge is 0.495 e. The zero-order chi connectivity index (χ0) is 26.0. The predicted octanol–water partition coefficient (Wildman–Crippen LogP) is 3.93. The van der Waals surface area contributed by atoms with Crippen LogP contribution in [0.3, 0.4) is 0 Å². The van der Waals surface area contributed by atoms with E-state index in [4.69, 9.17) is 21.1 Å². The van der Waals surface area contributed by atoms with Gasteiger partial charge in [-0.25, -0.2) is 14.7 Å². The fourth-order valence-electron chi connectivity index (χ4n) is 3.43. The maximum absolute atomic E-state index is 13.1. The Labute approximate surface area is 214 Å². The number of imide groups is 1. The van der Waals surface area contributed by atoms with Crippen LogP contribution in [0.25, 0.3) is 0 Å². The van der Waals surface area contributed by atoms with Crippen molar-refractivity contribution in [1.82, 2.24) is 4.98 Å². The number of nitrogens with zero attached hydrogens (tertiary/aromatic N) is 2. The van der Waals surface area contributed by atoms with Crippen LogP contribution >= 0.6 is 22.9 Å². The summed E-state index contributed by atoms with van der Waals surface area (Å²) in [6, 6.07) is 12.8. The van der Waals surface area contributed by atoms with Gasteiger partial charge in [-0.15, -0.1) is 0 Å². The summed E-state index contributed by atoms with van der Waals surface area (Å²) < 4.78 is 9.97. The van der Waals surface area contributed by atoms with Gasteiger partial charge in [0.1, 0.15) is 21.4 Å². The first-order chi connectivity index (χ1) is 17.2. The lowest BCUT2D eigenvalue weighted by Crippen LogP contribution is -2.32. The molecular formula is C24H19ClN4O6S. The molecule has 0 atom stereocenters. The maximum Gasteiger partial charge on any atom is 0.350 e. The van der Waals surface area contributed by atoms with E-state index in [9.17, 15) is 19.2 Å². The van der Waals surface area contributed by atoms with Crippen molar-refractivity contribution in [3.63, 3.8) is 0 Å². The first kappa shape index (κ1) is 24.9. The molecule has 2 N–H and O–H groups in total. The summed E-state index contributed by atoms with van der Waals surface area (Å²) in [4.78, 5) is 55.8. The molecule has 0 aliphatic carbocycles. The normalized spacial score (nSPS) is 13.2. The standard InChI is InChI=1S/C24H19ClN4O6S/c1-12-19(23(33)35-3)36-24(26-12)28-20(30)13-7-6-8-14(11-13)27-18-17(25)21(31)29(22(18)32)15-9-4-5-10-16(15)34-2/h4-11,27H,1-3H3,(H,26,28,30). The summed E-state index contributed by atoms with van der Waals surface area (Å²) in [5.74, 6) is -2.08. The number of rotatable bonds is 7. The highest BCUT2D eigenvalue weighted by molar-refractivity contribution is 7.17. The summed E-state index contributed by atoms with van der Waals surface area (Å²) >= 11 is 7.21. The van der Waals surface area contributed by atoms with E-state index in [1.165, 1.54) is 20.3 Å². The number of nitrogens with one attached hydrogen (secondary N) is 2. The molecule has 2 aromatic carbocycles. The molecule has 1 aromatic heterocycles. The number of methoxy groups -OCH3 is 2. The van der Waals surface area contributed by atoms with Gasteiger partial charge in [0, 0.05) is 11.3 Å². The van der Waals surface area contributed by atoms with Crippen LogP contribution in [0.5, 0.6) is 5.75 Å². The first-order valence-electron chi connectivity index (χ1n) is 10.4. The van der Waals surface area contributed by atoms with Crippen LogP contribution in [-0.2, 0) is 14.3 Å². The fraction of sp³-hybridized carbons (Fsp3) is 0.125. The van der Waals surface area contributed by atoms with Crippen LogP contribution in [0.15, 0.2) is 59.3 Å². The number of esters is 1. The van der Waals surface area contributed by atoms with Gasteiger partial charge in [-0.2, -0.15) is 0 Å². The van der Waals surface area contributed by atoms with Crippen molar-refractivity contribution >= 4 is 63.1 Å². The lowest BCUT2D eigenvalue weighted by Gasteiger charge is -2.18. The van der Waals surface area contributed by atoms with Crippen molar-refractivity contribution in [3.8, 4) is 5.75 Å². The Morgan fingerprint density at radius 2 is 1.81 bits per heavy atom. The van der Waals surface area contributed by atoms with Gasteiger partial charge in [0.25, 0.3) is 17.7 Å². The highest BCUT2D eigenvalue weighted by Crippen LogP contribution is 2.35. The molecule has 0 bridgehead atoms. The van der Waals surface area contributed by atoms with Gasteiger partial charge in [0.2, 0.25) is 0 Å². The number of aryl methyl sites for hydroxylation is 1. The molecule has 0 saturated heterocycles. The third-order valence-electron chi connectivity index (χ3n) is 5.14. The Morgan fingerprint density at radius 3 is 2.53 bits per heavy atom. The Hall–Kier alpha value is -4.22. The van der Waals surface area contributed by atoms with Crippen LogP contribution in [0.1, 0.15) is 25.7 Å².